The van der Waals surface area contributed by atoms with Crippen LogP contribution in [0.1, 0.15) is 23.7 Å². The van der Waals surface area contributed by atoms with Crippen molar-refractivity contribution in [1.82, 2.24) is 0 Å². The summed E-state index contributed by atoms with van der Waals surface area (Å²) >= 11 is 0. The first-order valence-corrected chi connectivity index (χ1v) is 6.36. The summed E-state index contributed by atoms with van der Waals surface area (Å²) in [7, 11) is 0. The summed E-state index contributed by atoms with van der Waals surface area (Å²) < 4.78 is 43.0. The van der Waals surface area contributed by atoms with Gasteiger partial charge in [0.15, 0.2) is 0 Å². The number of alkyl halides is 3. The molecule has 21 heavy (non-hydrogen) atoms. The Kier molecular flexibility index (Phi) is 3.04. The molecule has 0 radical (unpaired) electrons. The van der Waals surface area contributed by atoms with Crippen LogP contribution in [0.2, 0.25) is 0 Å². The van der Waals surface area contributed by atoms with Crippen molar-refractivity contribution >= 4 is 5.97 Å². The number of furan rings is 1. The predicted octanol–water partition coefficient (Wildman–Crippen LogP) is 4.15. The van der Waals surface area contributed by atoms with Crippen molar-refractivity contribution < 1.29 is 27.5 Å². The van der Waals surface area contributed by atoms with Crippen LogP contribution in [0.15, 0.2) is 40.8 Å². The summed E-state index contributed by atoms with van der Waals surface area (Å²) in [4.78, 5) is 10.8. The van der Waals surface area contributed by atoms with E-state index >= 15 is 0 Å². The van der Waals surface area contributed by atoms with E-state index in [4.69, 9.17) is 9.52 Å². The van der Waals surface area contributed by atoms with E-state index in [1.165, 1.54) is 12.1 Å². The van der Waals surface area contributed by atoms with E-state index in [0.29, 0.717) is 23.5 Å². The fourth-order valence-electron chi connectivity index (χ4n) is 2.31. The summed E-state index contributed by atoms with van der Waals surface area (Å²) in [6.07, 6.45) is -3.83. The van der Waals surface area contributed by atoms with Crippen LogP contribution in [0, 0.1) is 5.92 Å². The molecular weight excluding hydrogens is 285 g/mol. The highest BCUT2D eigenvalue weighted by Crippen LogP contribution is 2.48. The van der Waals surface area contributed by atoms with Gasteiger partial charge in [-0.1, -0.05) is 12.1 Å². The topological polar surface area (TPSA) is 50.4 Å². The molecule has 0 amide bonds. The Hall–Kier alpha value is -2.24. The zero-order valence-electron chi connectivity index (χ0n) is 10.7. The van der Waals surface area contributed by atoms with Crippen LogP contribution >= 0.6 is 0 Å². The summed E-state index contributed by atoms with van der Waals surface area (Å²) in [6.45, 7) is 0. The predicted molar refractivity (Wildman–Crippen MR) is 67.6 cm³/mol. The molecule has 2 atom stereocenters. The van der Waals surface area contributed by atoms with Crippen molar-refractivity contribution in [3.05, 3.63) is 47.7 Å². The van der Waals surface area contributed by atoms with Gasteiger partial charge in [0.05, 0.1) is 11.5 Å². The minimum atomic E-state index is -4.37. The Balaban J connectivity index is 1.79. The van der Waals surface area contributed by atoms with Crippen LogP contribution in [0.5, 0.6) is 0 Å². The molecule has 0 aliphatic heterocycles. The SMILES string of the molecule is O=C(O)[C@H]1C[C@@H]1c1ccc(-c2ccc(C(F)(F)F)cc2)o1. The summed E-state index contributed by atoms with van der Waals surface area (Å²) in [5.74, 6) is -0.401. The van der Waals surface area contributed by atoms with Gasteiger partial charge in [0, 0.05) is 11.5 Å². The molecule has 1 fully saturated rings. The first-order chi connectivity index (χ1) is 9.86. The number of hydrogen-bond acceptors (Lipinski definition) is 2. The number of rotatable bonds is 3. The lowest BCUT2D eigenvalue weighted by Crippen LogP contribution is -2.03. The lowest BCUT2D eigenvalue weighted by atomic mass is 10.1. The molecule has 0 bridgehead atoms. The number of benzene rings is 1. The minimum absolute atomic E-state index is 0.134. The second-order valence-corrected chi connectivity index (χ2v) is 5.06. The number of hydrogen-bond donors (Lipinski definition) is 1. The Morgan fingerprint density at radius 1 is 1.14 bits per heavy atom. The Morgan fingerprint density at radius 2 is 1.81 bits per heavy atom. The molecule has 1 heterocycles. The zero-order valence-corrected chi connectivity index (χ0v) is 10.7. The number of aliphatic carboxylic acids is 1. The first-order valence-electron chi connectivity index (χ1n) is 6.36. The van der Waals surface area contributed by atoms with Crippen molar-refractivity contribution in [2.24, 2.45) is 5.92 Å². The Morgan fingerprint density at radius 3 is 2.33 bits per heavy atom. The fourth-order valence-corrected chi connectivity index (χ4v) is 2.31. The van der Waals surface area contributed by atoms with E-state index in [-0.39, 0.29) is 5.92 Å². The van der Waals surface area contributed by atoms with Crippen LogP contribution in [0.3, 0.4) is 0 Å². The number of carboxylic acid groups (broad SMARTS) is 1. The minimum Gasteiger partial charge on any atom is -0.481 e. The van der Waals surface area contributed by atoms with Gasteiger partial charge >= 0.3 is 12.1 Å². The third-order valence-corrected chi connectivity index (χ3v) is 3.60. The summed E-state index contributed by atoms with van der Waals surface area (Å²) in [6, 6.07) is 8.00. The van der Waals surface area contributed by atoms with Gasteiger partial charge in [0.25, 0.3) is 0 Å². The van der Waals surface area contributed by atoms with E-state index in [2.05, 4.69) is 0 Å². The first kappa shape index (κ1) is 13.7. The van der Waals surface area contributed by atoms with Gasteiger partial charge in [-0.2, -0.15) is 13.2 Å². The number of halogens is 3. The maximum absolute atomic E-state index is 12.5. The Bertz CT molecular complexity index is 670. The molecule has 1 aliphatic rings. The molecule has 1 N–H and O–H groups in total. The molecule has 1 saturated carbocycles. The van der Waals surface area contributed by atoms with Crippen LogP contribution < -0.4 is 0 Å². The molecule has 3 nitrogen and oxygen atoms in total. The highest BCUT2D eigenvalue weighted by molar-refractivity contribution is 5.75. The largest absolute Gasteiger partial charge is 0.481 e. The number of carbonyl (C=O) groups is 1. The van der Waals surface area contributed by atoms with Crippen molar-refractivity contribution in [1.29, 1.82) is 0 Å². The maximum Gasteiger partial charge on any atom is 0.416 e. The van der Waals surface area contributed by atoms with Crippen LogP contribution in [-0.4, -0.2) is 11.1 Å². The van der Waals surface area contributed by atoms with Gasteiger partial charge in [-0.05, 0) is 30.7 Å². The van der Waals surface area contributed by atoms with Gasteiger partial charge < -0.3 is 9.52 Å². The van der Waals surface area contributed by atoms with Gasteiger partial charge in [-0.15, -0.1) is 0 Å². The van der Waals surface area contributed by atoms with Gasteiger partial charge in [0.1, 0.15) is 11.5 Å². The second-order valence-electron chi connectivity index (χ2n) is 5.06. The molecule has 1 aliphatic carbocycles. The molecule has 3 rings (SSSR count). The summed E-state index contributed by atoms with van der Waals surface area (Å²) in [5.41, 5.74) is -0.187. The molecule has 1 aromatic carbocycles. The summed E-state index contributed by atoms with van der Waals surface area (Å²) in [5, 5.41) is 8.87. The van der Waals surface area contributed by atoms with Gasteiger partial charge in [-0.3, -0.25) is 4.79 Å². The standard InChI is InChI=1S/C15H11F3O3/c16-15(17,18)9-3-1-8(2-4-9)12-5-6-13(21-12)10-7-11(10)14(19)20/h1-6,10-11H,7H2,(H,19,20)/t10-,11-/m0/s1. The molecule has 110 valence electrons. The van der Waals surface area contributed by atoms with Crippen molar-refractivity contribution in [2.75, 3.05) is 0 Å². The Labute approximate surface area is 118 Å². The van der Waals surface area contributed by atoms with Crippen molar-refractivity contribution in [3.8, 4) is 11.3 Å². The lowest BCUT2D eigenvalue weighted by molar-refractivity contribution is -0.139. The molecule has 2 aromatic rings. The average molecular weight is 296 g/mol. The molecular formula is C15H11F3O3. The normalized spacial score (nSPS) is 21.3. The molecule has 0 spiro atoms. The third kappa shape index (κ3) is 2.66. The van der Waals surface area contributed by atoms with Crippen LogP contribution in [0.4, 0.5) is 13.2 Å². The fraction of sp³-hybridized carbons (Fsp3) is 0.267. The third-order valence-electron chi connectivity index (χ3n) is 3.60. The smallest absolute Gasteiger partial charge is 0.416 e. The van der Waals surface area contributed by atoms with E-state index in [0.717, 1.165) is 12.1 Å². The van der Waals surface area contributed by atoms with Crippen LogP contribution in [0.25, 0.3) is 11.3 Å². The molecule has 1 aromatic heterocycles. The quantitative estimate of drug-likeness (QED) is 0.925. The lowest BCUT2D eigenvalue weighted by Gasteiger charge is -2.06. The highest BCUT2D eigenvalue weighted by Gasteiger charge is 2.46. The molecule has 0 saturated heterocycles. The highest BCUT2D eigenvalue weighted by atomic mass is 19.4. The van der Waals surface area contributed by atoms with Crippen molar-refractivity contribution in [3.63, 3.8) is 0 Å². The van der Waals surface area contributed by atoms with Gasteiger partial charge in [0.2, 0.25) is 0 Å². The van der Waals surface area contributed by atoms with E-state index in [1.54, 1.807) is 12.1 Å². The van der Waals surface area contributed by atoms with Crippen molar-refractivity contribution in [2.45, 2.75) is 18.5 Å². The van der Waals surface area contributed by atoms with E-state index < -0.39 is 23.6 Å². The second kappa shape index (κ2) is 4.65. The average Bonchev–Trinajstić information content (AvgIpc) is 3.08. The molecule has 6 heteroatoms. The van der Waals surface area contributed by atoms with Crippen LogP contribution in [-0.2, 0) is 11.0 Å². The van der Waals surface area contributed by atoms with E-state index in [1.807, 2.05) is 0 Å². The zero-order chi connectivity index (χ0) is 15.2. The number of carboxylic acids is 1. The van der Waals surface area contributed by atoms with Gasteiger partial charge in [-0.25, -0.2) is 0 Å². The monoisotopic (exact) mass is 296 g/mol. The maximum atomic E-state index is 12.5. The molecule has 0 unspecified atom stereocenters. The van der Waals surface area contributed by atoms with E-state index in [9.17, 15) is 18.0 Å².